The molecule has 1 unspecified atom stereocenters. The molecule has 0 aliphatic rings. The Morgan fingerprint density at radius 1 is 1.03 bits per heavy atom. The van der Waals surface area contributed by atoms with Crippen molar-refractivity contribution in [3.63, 3.8) is 0 Å². The molecule has 4 nitrogen and oxygen atoms in total. The summed E-state index contributed by atoms with van der Waals surface area (Å²) < 4.78 is 18.0. The summed E-state index contributed by atoms with van der Waals surface area (Å²) in [5.41, 5.74) is 1.92. The third-order valence-electron chi connectivity index (χ3n) is 7.44. The van der Waals surface area contributed by atoms with Gasteiger partial charge in [-0.05, 0) is 81.5 Å². The summed E-state index contributed by atoms with van der Waals surface area (Å²) in [4.78, 5) is 11.8. The fourth-order valence-electron chi connectivity index (χ4n) is 3.72. The highest BCUT2D eigenvalue weighted by Crippen LogP contribution is 2.37. The molecule has 1 rings (SSSR count). The molecule has 0 bridgehead atoms. The van der Waals surface area contributed by atoms with Gasteiger partial charge < -0.3 is 13.9 Å². The van der Waals surface area contributed by atoms with Gasteiger partial charge in [-0.3, -0.25) is 0 Å². The lowest BCUT2D eigenvalue weighted by atomic mass is 9.91. The Hall–Kier alpha value is -1.43. The summed E-state index contributed by atoms with van der Waals surface area (Å²) in [6, 6.07) is 10.4. The van der Waals surface area contributed by atoms with Crippen molar-refractivity contribution in [3.8, 4) is 0 Å². The highest BCUT2D eigenvalue weighted by atomic mass is 28.4. The van der Waals surface area contributed by atoms with Crippen LogP contribution in [0.5, 0.6) is 0 Å². The van der Waals surface area contributed by atoms with Gasteiger partial charge >= 0.3 is 5.97 Å². The minimum atomic E-state index is -1.73. The number of hydrogen-bond acceptors (Lipinski definition) is 4. The quantitative estimate of drug-likeness (QED) is 0.129. The lowest BCUT2D eigenvalue weighted by Crippen LogP contribution is -2.41. The largest absolute Gasteiger partial charge is 0.463 e. The Bertz CT molecular complexity index is 751. The fourth-order valence-corrected chi connectivity index (χ4v) is 4.78. The molecule has 35 heavy (non-hydrogen) atoms. The molecule has 5 heteroatoms. The van der Waals surface area contributed by atoms with E-state index in [1.54, 1.807) is 0 Å². The van der Waals surface area contributed by atoms with E-state index in [4.69, 9.17) is 13.9 Å². The van der Waals surface area contributed by atoms with E-state index in [2.05, 4.69) is 72.0 Å². The Morgan fingerprint density at radius 3 is 2.29 bits per heavy atom. The number of allylic oxidation sites excluding steroid dienone is 1. The number of ether oxygens (including phenoxy) is 2. The lowest BCUT2D eigenvalue weighted by Gasteiger charge is -2.36. The van der Waals surface area contributed by atoms with Crippen molar-refractivity contribution >= 4 is 14.3 Å². The SMILES string of the molecule is CCOC(=O)/C(C)=C/CC[C@@H](C)CCC(OCc1ccccc1)[C@H](C)CCO[Si](C)(C)C(C)(C)C. The van der Waals surface area contributed by atoms with Gasteiger partial charge in [-0.25, -0.2) is 4.79 Å². The number of rotatable bonds is 16. The van der Waals surface area contributed by atoms with E-state index in [0.29, 0.717) is 30.6 Å². The van der Waals surface area contributed by atoms with Gasteiger partial charge in [-0.15, -0.1) is 0 Å². The minimum absolute atomic E-state index is 0.205. The van der Waals surface area contributed by atoms with E-state index in [0.717, 1.165) is 38.7 Å². The van der Waals surface area contributed by atoms with Crippen molar-refractivity contribution in [2.75, 3.05) is 13.2 Å². The molecule has 0 fully saturated rings. The molecule has 0 heterocycles. The Kier molecular flexibility index (Phi) is 14.1. The predicted octanol–water partition coefficient (Wildman–Crippen LogP) is 8.33. The molecule has 1 aromatic carbocycles. The zero-order valence-electron chi connectivity index (χ0n) is 24.0. The number of esters is 1. The topological polar surface area (TPSA) is 44.8 Å². The van der Waals surface area contributed by atoms with Gasteiger partial charge in [0.15, 0.2) is 8.32 Å². The van der Waals surface area contributed by atoms with Crippen molar-refractivity contribution in [1.29, 1.82) is 0 Å². The van der Waals surface area contributed by atoms with Crippen LogP contribution in [0.15, 0.2) is 42.0 Å². The van der Waals surface area contributed by atoms with Crippen LogP contribution in [0.4, 0.5) is 0 Å². The molecule has 0 saturated carbocycles. The molecular formula is C30H52O4Si. The second kappa shape index (κ2) is 15.6. The van der Waals surface area contributed by atoms with Crippen molar-refractivity contribution in [1.82, 2.24) is 0 Å². The van der Waals surface area contributed by atoms with Gasteiger partial charge in [0.1, 0.15) is 0 Å². The summed E-state index contributed by atoms with van der Waals surface area (Å²) in [5, 5.41) is 0.231. The predicted molar refractivity (Wildman–Crippen MR) is 150 cm³/mol. The second-order valence-corrected chi connectivity index (χ2v) is 16.4. The number of carbonyl (C=O) groups excluding carboxylic acids is 1. The van der Waals surface area contributed by atoms with E-state index in [1.807, 2.05) is 26.0 Å². The zero-order valence-corrected chi connectivity index (χ0v) is 25.0. The van der Waals surface area contributed by atoms with Crippen LogP contribution in [-0.4, -0.2) is 33.6 Å². The second-order valence-electron chi connectivity index (χ2n) is 11.6. The number of benzene rings is 1. The van der Waals surface area contributed by atoms with Crippen LogP contribution in [0.25, 0.3) is 0 Å². The zero-order chi connectivity index (χ0) is 26.5. The monoisotopic (exact) mass is 504 g/mol. The number of carbonyl (C=O) groups is 1. The van der Waals surface area contributed by atoms with Gasteiger partial charge in [0.05, 0.1) is 19.3 Å². The van der Waals surface area contributed by atoms with E-state index >= 15 is 0 Å². The summed E-state index contributed by atoms with van der Waals surface area (Å²) in [6.07, 6.45) is 7.34. The summed E-state index contributed by atoms with van der Waals surface area (Å²) in [6.45, 7) is 21.7. The lowest BCUT2D eigenvalue weighted by molar-refractivity contribution is -0.138. The number of hydrogen-bond donors (Lipinski definition) is 0. The standard InChI is InChI=1S/C30H52O4Si/c1-10-32-29(31)26(4)16-14-15-24(2)19-20-28(33-23-27-17-12-11-13-18-27)25(3)21-22-34-35(8,9)30(5,6)7/h11-13,16-18,24-25,28H,10,14-15,19-23H2,1-9H3/b26-16+/t24-,25-,28?/m1/s1. The molecule has 0 saturated heterocycles. The Morgan fingerprint density at radius 2 is 1.69 bits per heavy atom. The maximum atomic E-state index is 11.8. The summed E-state index contributed by atoms with van der Waals surface area (Å²) in [5.74, 6) is 0.796. The van der Waals surface area contributed by atoms with E-state index in [-0.39, 0.29) is 17.1 Å². The van der Waals surface area contributed by atoms with Crippen LogP contribution in [-0.2, 0) is 25.3 Å². The third-order valence-corrected chi connectivity index (χ3v) is 12.0. The fraction of sp³-hybridized carbons (Fsp3) is 0.700. The van der Waals surface area contributed by atoms with E-state index in [1.165, 1.54) is 5.56 Å². The summed E-state index contributed by atoms with van der Waals surface area (Å²) in [7, 11) is -1.73. The molecule has 0 amide bonds. The van der Waals surface area contributed by atoms with Gasteiger partial charge in [-0.1, -0.05) is 71.0 Å². The van der Waals surface area contributed by atoms with Crippen LogP contribution in [0.2, 0.25) is 18.1 Å². The van der Waals surface area contributed by atoms with Crippen LogP contribution < -0.4 is 0 Å². The van der Waals surface area contributed by atoms with Crippen LogP contribution in [0.3, 0.4) is 0 Å². The van der Waals surface area contributed by atoms with Crippen LogP contribution >= 0.6 is 0 Å². The van der Waals surface area contributed by atoms with Crippen molar-refractivity contribution in [2.24, 2.45) is 11.8 Å². The van der Waals surface area contributed by atoms with Gasteiger partial charge in [0.2, 0.25) is 0 Å². The van der Waals surface area contributed by atoms with Crippen molar-refractivity contribution < 1.29 is 18.7 Å². The van der Waals surface area contributed by atoms with Gasteiger partial charge in [-0.2, -0.15) is 0 Å². The first-order valence-corrected chi connectivity index (χ1v) is 16.4. The minimum Gasteiger partial charge on any atom is -0.463 e. The molecule has 1 aromatic rings. The molecular weight excluding hydrogens is 452 g/mol. The molecule has 3 atom stereocenters. The maximum absolute atomic E-state index is 11.8. The van der Waals surface area contributed by atoms with Crippen LogP contribution in [0.1, 0.15) is 86.1 Å². The summed E-state index contributed by atoms with van der Waals surface area (Å²) >= 11 is 0. The third kappa shape index (κ3) is 12.4. The van der Waals surface area contributed by atoms with Crippen molar-refractivity contribution in [3.05, 3.63) is 47.5 Å². The smallest absolute Gasteiger partial charge is 0.333 e. The maximum Gasteiger partial charge on any atom is 0.333 e. The molecule has 0 aliphatic carbocycles. The normalized spacial score (nSPS) is 15.5. The average Bonchev–Trinajstić information content (AvgIpc) is 2.78. The highest BCUT2D eigenvalue weighted by molar-refractivity contribution is 6.74. The first-order valence-electron chi connectivity index (χ1n) is 13.5. The van der Waals surface area contributed by atoms with Crippen molar-refractivity contribution in [2.45, 2.75) is 111 Å². The van der Waals surface area contributed by atoms with E-state index in [9.17, 15) is 4.79 Å². The first kappa shape index (κ1) is 31.6. The molecule has 0 aromatic heterocycles. The molecule has 0 N–H and O–H groups in total. The Balaban J connectivity index is 2.63. The molecule has 0 aliphatic heterocycles. The van der Waals surface area contributed by atoms with Gasteiger partial charge in [0.25, 0.3) is 0 Å². The van der Waals surface area contributed by atoms with Crippen LogP contribution in [0, 0.1) is 11.8 Å². The highest BCUT2D eigenvalue weighted by Gasteiger charge is 2.37. The average molecular weight is 505 g/mol. The first-order chi connectivity index (χ1) is 16.4. The Labute approximate surface area is 217 Å². The molecule has 0 spiro atoms. The van der Waals surface area contributed by atoms with Gasteiger partial charge in [0, 0.05) is 12.2 Å². The van der Waals surface area contributed by atoms with E-state index < -0.39 is 8.32 Å². The molecule has 0 radical (unpaired) electrons. The molecule has 200 valence electrons.